The highest BCUT2D eigenvalue weighted by Gasteiger charge is 2.27. The van der Waals surface area contributed by atoms with Crippen molar-refractivity contribution in [1.82, 2.24) is 10.1 Å². The van der Waals surface area contributed by atoms with E-state index in [0.29, 0.717) is 0 Å². The molecule has 0 fully saturated rings. The Morgan fingerprint density at radius 3 is 3.12 bits per heavy atom. The third kappa shape index (κ3) is 1.71. The smallest absolute Gasteiger partial charge is 0.170 e. The second kappa shape index (κ2) is 4.09. The lowest BCUT2D eigenvalue weighted by atomic mass is 10.1. The van der Waals surface area contributed by atoms with E-state index in [1.807, 2.05) is 19.2 Å². The molecule has 1 aliphatic heterocycles. The molecule has 0 radical (unpaired) electrons. The molecule has 0 aromatic carbocycles. The average molecular weight is 247 g/mol. The second-order valence-electron chi connectivity index (χ2n) is 4.12. The quantitative estimate of drug-likeness (QED) is 0.766. The number of aliphatic imine (C=N–C) groups is 1. The van der Waals surface area contributed by atoms with Gasteiger partial charge in [0.15, 0.2) is 5.76 Å². The predicted molar refractivity (Wildman–Crippen MR) is 68.8 cm³/mol. The fourth-order valence-electron chi connectivity index (χ4n) is 2.17. The van der Waals surface area contributed by atoms with Crippen molar-refractivity contribution in [1.29, 1.82) is 0 Å². The van der Waals surface area contributed by atoms with Crippen molar-refractivity contribution in [3.05, 3.63) is 22.7 Å². The zero-order chi connectivity index (χ0) is 11.8. The lowest BCUT2D eigenvalue weighted by molar-refractivity contribution is 0.354. The molecule has 1 aliphatic rings. The maximum Gasteiger partial charge on any atom is 0.170 e. The Hall–Kier alpha value is -1.46. The minimum atomic E-state index is 0.818. The summed E-state index contributed by atoms with van der Waals surface area (Å²) >= 11 is 1.75. The van der Waals surface area contributed by atoms with Crippen LogP contribution in [0.2, 0.25) is 0 Å². The molecule has 3 heterocycles. The molecule has 0 saturated carbocycles. The molecular formula is C12H13N3OS. The maximum absolute atomic E-state index is 5.29. The van der Waals surface area contributed by atoms with E-state index in [1.54, 1.807) is 17.5 Å². The van der Waals surface area contributed by atoms with Crippen molar-refractivity contribution >= 4 is 22.6 Å². The largest absolute Gasteiger partial charge is 0.356 e. The van der Waals surface area contributed by atoms with Crippen LogP contribution in [-0.2, 0) is 13.1 Å². The molecule has 0 atom stereocenters. The van der Waals surface area contributed by atoms with Crippen LogP contribution >= 0.6 is 11.3 Å². The van der Waals surface area contributed by atoms with E-state index in [2.05, 4.69) is 22.1 Å². The molecular weight excluding hydrogens is 234 g/mol. The Morgan fingerprint density at radius 1 is 1.53 bits per heavy atom. The van der Waals surface area contributed by atoms with Crippen LogP contribution in [0.3, 0.4) is 0 Å². The third-order valence-corrected chi connectivity index (χ3v) is 3.97. The zero-order valence-electron chi connectivity index (χ0n) is 9.80. The summed E-state index contributed by atoms with van der Waals surface area (Å²) in [7, 11) is 2.12. The first-order chi connectivity index (χ1) is 8.29. The van der Waals surface area contributed by atoms with E-state index in [0.717, 1.165) is 29.4 Å². The van der Waals surface area contributed by atoms with Crippen molar-refractivity contribution in [2.24, 2.45) is 4.99 Å². The summed E-state index contributed by atoms with van der Waals surface area (Å²) in [4.78, 5) is 8.12. The average Bonchev–Trinajstić information content (AvgIpc) is 2.94. The molecule has 17 heavy (non-hydrogen) atoms. The summed E-state index contributed by atoms with van der Waals surface area (Å²) < 4.78 is 5.29. The van der Waals surface area contributed by atoms with Gasteiger partial charge in [0.2, 0.25) is 0 Å². The molecule has 0 N–H and O–H groups in total. The normalized spacial score (nSPS) is 15.9. The fraction of sp³-hybridized carbons (Fsp3) is 0.333. The lowest BCUT2D eigenvalue weighted by Gasteiger charge is -2.06. The van der Waals surface area contributed by atoms with Gasteiger partial charge < -0.3 is 4.52 Å². The molecule has 0 bridgehead atoms. The number of aromatic nitrogens is 1. The van der Waals surface area contributed by atoms with Crippen LogP contribution in [0.5, 0.6) is 0 Å². The molecule has 5 heteroatoms. The second-order valence-corrected chi connectivity index (χ2v) is 5.20. The summed E-state index contributed by atoms with van der Waals surface area (Å²) in [6.45, 7) is 3.89. The Labute approximate surface area is 104 Å². The number of fused-ring (bicyclic) bond motifs is 1. The zero-order valence-corrected chi connectivity index (χ0v) is 10.6. The van der Waals surface area contributed by atoms with Crippen LogP contribution in [0.1, 0.15) is 17.4 Å². The Morgan fingerprint density at radius 2 is 2.41 bits per heavy atom. The van der Waals surface area contributed by atoms with E-state index >= 15 is 0 Å². The molecule has 3 rings (SSSR count). The summed E-state index contributed by atoms with van der Waals surface area (Å²) in [5.74, 6) is 0.818. The van der Waals surface area contributed by atoms with E-state index in [-0.39, 0.29) is 0 Å². The first-order valence-electron chi connectivity index (χ1n) is 5.52. The number of hydrogen-bond acceptors (Lipinski definition) is 5. The molecule has 0 saturated heterocycles. The highest BCUT2D eigenvalue weighted by molar-refractivity contribution is 7.16. The van der Waals surface area contributed by atoms with Gasteiger partial charge in [0, 0.05) is 30.2 Å². The van der Waals surface area contributed by atoms with E-state index in [1.165, 1.54) is 10.4 Å². The van der Waals surface area contributed by atoms with Gasteiger partial charge in [-0.2, -0.15) is 0 Å². The molecule has 88 valence electrons. The Bertz CT molecular complexity index is 557. The molecule has 0 spiro atoms. The van der Waals surface area contributed by atoms with Crippen LogP contribution in [0.15, 0.2) is 21.8 Å². The summed E-state index contributed by atoms with van der Waals surface area (Å²) in [5.41, 5.74) is 2.46. The van der Waals surface area contributed by atoms with Crippen LogP contribution in [0.25, 0.3) is 11.3 Å². The van der Waals surface area contributed by atoms with E-state index in [9.17, 15) is 0 Å². The van der Waals surface area contributed by atoms with Gasteiger partial charge in [-0.05, 0) is 19.5 Å². The molecule has 2 aromatic rings. The van der Waals surface area contributed by atoms with Crippen molar-refractivity contribution < 1.29 is 4.52 Å². The summed E-state index contributed by atoms with van der Waals surface area (Å²) in [6, 6.07) is 1.90. The van der Waals surface area contributed by atoms with Gasteiger partial charge in [0.25, 0.3) is 0 Å². The molecule has 2 aromatic heterocycles. The van der Waals surface area contributed by atoms with Gasteiger partial charge in [-0.15, -0.1) is 11.3 Å². The Balaban J connectivity index is 2.17. The van der Waals surface area contributed by atoms with Gasteiger partial charge in [0.1, 0.15) is 5.00 Å². The van der Waals surface area contributed by atoms with Gasteiger partial charge in [-0.25, -0.2) is 4.99 Å². The number of nitrogens with zero attached hydrogens (tertiary/aromatic N) is 3. The highest BCUT2D eigenvalue weighted by atomic mass is 32.1. The maximum atomic E-state index is 5.29. The topological polar surface area (TPSA) is 41.6 Å². The van der Waals surface area contributed by atoms with Gasteiger partial charge in [0.05, 0.1) is 11.8 Å². The van der Waals surface area contributed by atoms with Gasteiger partial charge in [-0.1, -0.05) is 5.16 Å². The SMILES string of the molecule is C/C=N/c1sc2c(c1-c1ccno1)CN(C)C2. The van der Waals surface area contributed by atoms with Crippen LogP contribution in [0.4, 0.5) is 5.00 Å². The Kier molecular flexibility index (Phi) is 2.57. The molecule has 4 nitrogen and oxygen atoms in total. The lowest BCUT2D eigenvalue weighted by Crippen LogP contribution is -2.08. The van der Waals surface area contributed by atoms with Crippen molar-refractivity contribution in [3.8, 4) is 11.3 Å². The predicted octanol–water partition coefficient (Wildman–Crippen LogP) is 3.07. The molecule has 0 amide bonds. The van der Waals surface area contributed by atoms with Crippen LogP contribution in [-0.4, -0.2) is 23.3 Å². The van der Waals surface area contributed by atoms with E-state index in [4.69, 9.17) is 4.52 Å². The van der Waals surface area contributed by atoms with Gasteiger partial charge >= 0.3 is 0 Å². The van der Waals surface area contributed by atoms with Crippen LogP contribution < -0.4 is 0 Å². The summed E-state index contributed by atoms with van der Waals surface area (Å²) in [5, 5.41) is 4.82. The number of thiophene rings is 1. The standard InChI is InChI=1S/C12H13N3OS/c1-3-13-12-11(9-4-5-14-16-9)8-6-15(2)7-10(8)17-12/h3-5H,6-7H2,1-2H3/b13-3+. The summed E-state index contributed by atoms with van der Waals surface area (Å²) in [6.07, 6.45) is 3.50. The first kappa shape index (κ1) is 10.7. The van der Waals surface area contributed by atoms with Crippen molar-refractivity contribution in [3.63, 3.8) is 0 Å². The fourth-order valence-corrected chi connectivity index (χ4v) is 3.46. The van der Waals surface area contributed by atoms with Crippen molar-refractivity contribution in [2.45, 2.75) is 20.0 Å². The van der Waals surface area contributed by atoms with Gasteiger partial charge in [-0.3, -0.25) is 4.90 Å². The van der Waals surface area contributed by atoms with E-state index < -0.39 is 0 Å². The van der Waals surface area contributed by atoms with Crippen molar-refractivity contribution in [2.75, 3.05) is 7.05 Å². The third-order valence-electron chi connectivity index (χ3n) is 2.84. The van der Waals surface area contributed by atoms with Crippen LogP contribution in [0, 0.1) is 0 Å². The molecule has 0 unspecified atom stereocenters. The number of hydrogen-bond donors (Lipinski definition) is 0. The molecule has 0 aliphatic carbocycles. The minimum absolute atomic E-state index is 0.818. The monoisotopic (exact) mass is 247 g/mol. The highest BCUT2D eigenvalue weighted by Crippen LogP contribution is 2.45. The minimum Gasteiger partial charge on any atom is -0.356 e. The first-order valence-corrected chi connectivity index (χ1v) is 6.34. The number of rotatable bonds is 2.